The molecule has 1 saturated heterocycles. The monoisotopic (exact) mass is 585 g/mol. The van der Waals surface area contributed by atoms with Gasteiger partial charge in [0.1, 0.15) is 29.5 Å². The maximum absolute atomic E-state index is 13.7. The van der Waals surface area contributed by atoms with E-state index in [0.29, 0.717) is 43.4 Å². The predicted molar refractivity (Wildman–Crippen MR) is 153 cm³/mol. The summed E-state index contributed by atoms with van der Waals surface area (Å²) >= 11 is 0. The zero-order valence-electron chi connectivity index (χ0n) is 24.6. The zero-order chi connectivity index (χ0) is 30.4. The smallest absolute Gasteiger partial charge is 0.246 e. The van der Waals surface area contributed by atoms with E-state index in [1.54, 1.807) is 31.2 Å². The number of hydrogen-bond acceptors (Lipinski definition) is 8. The Hall–Kier alpha value is -3.28. The molecular formula is C31H43N3O8. The van der Waals surface area contributed by atoms with E-state index in [-0.39, 0.29) is 24.2 Å². The van der Waals surface area contributed by atoms with Gasteiger partial charge in [-0.1, -0.05) is 23.8 Å². The first-order valence-corrected chi connectivity index (χ1v) is 14.8. The number of nitrogens with one attached hydrogen (secondary N) is 3. The standard InChI is InChI=1S/C31H43N3O8/c1-18(32-29(39)21-8-12-22(35)13-9-21)28(38)34-25(26(36)20-10-14-23(41-3)15-11-20)30(40)33-24(16-19-6-4-5-7-19)27(37)31(2)17-42-31/h6,10-11,14-15,18,21-22,24-26,35-36H,4-5,7-9,12-13,16-17H2,1-3H3,(H,32,39)(H,33,40)(H,34,38)/t18-,21?,22?,24+,25+,26-,31-/m1/s1. The number of amides is 3. The van der Waals surface area contributed by atoms with Crippen LogP contribution in [0.4, 0.5) is 0 Å². The van der Waals surface area contributed by atoms with Crippen molar-refractivity contribution in [1.29, 1.82) is 0 Å². The summed E-state index contributed by atoms with van der Waals surface area (Å²) in [5.74, 6) is -1.70. The number of aliphatic hydroxyl groups is 2. The third kappa shape index (κ3) is 7.96. The molecule has 4 rings (SSSR count). The molecule has 42 heavy (non-hydrogen) atoms. The van der Waals surface area contributed by atoms with Crippen LogP contribution in [0, 0.1) is 5.92 Å². The van der Waals surface area contributed by atoms with Gasteiger partial charge < -0.3 is 35.6 Å². The number of carbonyl (C=O) groups excluding carboxylic acids is 4. The average Bonchev–Trinajstić information content (AvgIpc) is 3.53. The molecule has 0 aromatic heterocycles. The number of methoxy groups -OCH3 is 1. The maximum Gasteiger partial charge on any atom is 0.246 e. The largest absolute Gasteiger partial charge is 0.497 e. The molecule has 0 radical (unpaired) electrons. The number of hydrogen-bond donors (Lipinski definition) is 5. The number of ketones is 1. The Balaban J connectivity index is 1.50. The molecule has 11 heteroatoms. The predicted octanol–water partition coefficient (Wildman–Crippen LogP) is 1.61. The lowest BCUT2D eigenvalue weighted by Gasteiger charge is -2.29. The van der Waals surface area contributed by atoms with E-state index in [4.69, 9.17) is 9.47 Å². The third-order valence-electron chi connectivity index (χ3n) is 8.51. The van der Waals surface area contributed by atoms with Gasteiger partial charge in [0.2, 0.25) is 17.7 Å². The Morgan fingerprint density at radius 3 is 2.29 bits per heavy atom. The summed E-state index contributed by atoms with van der Waals surface area (Å²) in [5.41, 5.74) is 0.451. The van der Waals surface area contributed by atoms with E-state index < -0.39 is 47.7 Å². The van der Waals surface area contributed by atoms with Crippen LogP contribution in [0.25, 0.3) is 0 Å². The molecule has 11 nitrogen and oxygen atoms in total. The van der Waals surface area contributed by atoms with Crippen molar-refractivity contribution in [1.82, 2.24) is 16.0 Å². The minimum Gasteiger partial charge on any atom is -0.497 e. The van der Waals surface area contributed by atoms with Crippen molar-refractivity contribution < 1.29 is 38.9 Å². The summed E-state index contributed by atoms with van der Waals surface area (Å²) in [6.45, 7) is 3.45. The quantitative estimate of drug-likeness (QED) is 0.172. The second kappa shape index (κ2) is 13.8. The van der Waals surface area contributed by atoms with Gasteiger partial charge in [-0.25, -0.2) is 0 Å². The van der Waals surface area contributed by atoms with Crippen molar-refractivity contribution in [3.05, 3.63) is 41.5 Å². The van der Waals surface area contributed by atoms with Crippen molar-refractivity contribution in [2.75, 3.05) is 13.7 Å². The SMILES string of the molecule is COc1ccc([C@@H](O)[C@H](NC(=O)[C@@H](C)NC(=O)C2CCC(O)CC2)C(=O)N[C@@H](CC2=CCCC2)C(=O)[C@@]2(C)CO2)cc1. The molecule has 5 N–H and O–H groups in total. The van der Waals surface area contributed by atoms with Crippen LogP contribution < -0.4 is 20.7 Å². The Labute approximate surface area is 246 Å². The van der Waals surface area contributed by atoms with Gasteiger partial charge in [-0.15, -0.1) is 0 Å². The van der Waals surface area contributed by atoms with Crippen LogP contribution >= 0.6 is 0 Å². The number of aliphatic hydroxyl groups excluding tert-OH is 2. The fraction of sp³-hybridized carbons (Fsp3) is 0.613. The Morgan fingerprint density at radius 2 is 1.71 bits per heavy atom. The van der Waals surface area contributed by atoms with Crippen LogP contribution in [0.15, 0.2) is 35.9 Å². The molecule has 5 atom stereocenters. The van der Waals surface area contributed by atoms with Gasteiger partial charge in [0.25, 0.3) is 0 Å². The second-order valence-corrected chi connectivity index (χ2v) is 11.8. The molecule has 1 aromatic carbocycles. The van der Waals surface area contributed by atoms with E-state index in [1.807, 2.05) is 0 Å². The van der Waals surface area contributed by atoms with Crippen LogP contribution in [0.1, 0.15) is 76.9 Å². The topological polar surface area (TPSA) is 167 Å². The molecule has 0 unspecified atom stereocenters. The molecule has 2 fully saturated rings. The minimum absolute atomic E-state index is 0.258. The van der Waals surface area contributed by atoms with Gasteiger partial charge in [0.05, 0.1) is 25.9 Å². The van der Waals surface area contributed by atoms with Gasteiger partial charge in [0, 0.05) is 5.92 Å². The van der Waals surface area contributed by atoms with Crippen LogP contribution in [0.3, 0.4) is 0 Å². The fourth-order valence-electron chi connectivity index (χ4n) is 5.57. The van der Waals surface area contributed by atoms with Crippen molar-refractivity contribution in [3.8, 4) is 5.75 Å². The molecular weight excluding hydrogens is 542 g/mol. The molecule has 3 aliphatic rings. The van der Waals surface area contributed by atoms with Gasteiger partial charge in [0.15, 0.2) is 5.78 Å². The van der Waals surface area contributed by atoms with Crippen molar-refractivity contribution in [2.45, 2.75) is 101 Å². The zero-order valence-corrected chi connectivity index (χ0v) is 24.6. The summed E-state index contributed by atoms with van der Waals surface area (Å²) < 4.78 is 10.6. The Morgan fingerprint density at radius 1 is 1.05 bits per heavy atom. The van der Waals surface area contributed by atoms with Gasteiger partial charge in [-0.3, -0.25) is 19.2 Å². The van der Waals surface area contributed by atoms with Crippen LogP contribution in [-0.4, -0.2) is 77.3 Å². The lowest BCUT2D eigenvalue weighted by atomic mass is 9.87. The molecule has 230 valence electrons. The highest BCUT2D eigenvalue weighted by Gasteiger charge is 2.50. The highest BCUT2D eigenvalue weighted by Crippen LogP contribution is 2.32. The molecule has 1 aliphatic heterocycles. The maximum atomic E-state index is 13.7. The van der Waals surface area contributed by atoms with Gasteiger partial charge in [-0.2, -0.15) is 0 Å². The number of allylic oxidation sites excluding steroid dienone is 1. The summed E-state index contributed by atoms with van der Waals surface area (Å²) in [7, 11) is 1.51. The molecule has 3 amide bonds. The highest BCUT2D eigenvalue weighted by atomic mass is 16.6. The summed E-state index contributed by atoms with van der Waals surface area (Å²) in [6, 6.07) is 3.08. The summed E-state index contributed by atoms with van der Waals surface area (Å²) in [5, 5.41) is 29.1. The fourth-order valence-corrected chi connectivity index (χ4v) is 5.57. The lowest BCUT2D eigenvalue weighted by molar-refractivity contribution is -0.136. The number of Topliss-reactive ketones (excluding diaryl/α,β-unsaturated/α-hetero) is 1. The number of carbonyl (C=O) groups is 4. The van der Waals surface area contributed by atoms with E-state index in [0.717, 1.165) is 24.8 Å². The van der Waals surface area contributed by atoms with E-state index in [9.17, 15) is 29.4 Å². The minimum atomic E-state index is -1.46. The number of benzene rings is 1. The van der Waals surface area contributed by atoms with Crippen molar-refractivity contribution in [2.24, 2.45) is 5.92 Å². The first-order chi connectivity index (χ1) is 20.0. The van der Waals surface area contributed by atoms with Crippen molar-refractivity contribution >= 4 is 23.5 Å². The summed E-state index contributed by atoms with van der Waals surface area (Å²) in [4.78, 5) is 53.1. The Bertz CT molecular complexity index is 1170. The molecule has 1 heterocycles. The van der Waals surface area contributed by atoms with E-state index >= 15 is 0 Å². The van der Waals surface area contributed by atoms with Crippen LogP contribution in [-0.2, 0) is 23.9 Å². The summed E-state index contributed by atoms with van der Waals surface area (Å²) in [6.07, 6.45) is 5.36. The molecule has 0 bridgehead atoms. The van der Waals surface area contributed by atoms with Crippen LogP contribution in [0.5, 0.6) is 5.75 Å². The van der Waals surface area contributed by atoms with Crippen molar-refractivity contribution in [3.63, 3.8) is 0 Å². The van der Waals surface area contributed by atoms with Gasteiger partial charge >= 0.3 is 0 Å². The molecule has 1 aromatic rings. The first kappa shape index (κ1) is 31.7. The third-order valence-corrected chi connectivity index (χ3v) is 8.51. The number of ether oxygens (including phenoxy) is 2. The molecule has 2 aliphatic carbocycles. The number of rotatable bonds is 13. The highest BCUT2D eigenvalue weighted by molar-refractivity contribution is 5.98. The van der Waals surface area contributed by atoms with Crippen LogP contribution in [0.2, 0.25) is 0 Å². The normalized spacial score (nSPS) is 26.2. The second-order valence-electron chi connectivity index (χ2n) is 11.8. The van der Waals surface area contributed by atoms with E-state index in [2.05, 4.69) is 22.0 Å². The lowest BCUT2D eigenvalue weighted by Crippen LogP contribution is -2.58. The number of epoxide rings is 1. The van der Waals surface area contributed by atoms with Gasteiger partial charge in [-0.05, 0) is 82.9 Å². The molecule has 1 saturated carbocycles. The Kier molecular flexibility index (Phi) is 10.4. The average molecular weight is 586 g/mol. The van der Waals surface area contributed by atoms with E-state index in [1.165, 1.54) is 14.0 Å². The molecule has 0 spiro atoms. The first-order valence-electron chi connectivity index (χ1n) is 14.8.